The molecule has 0 aliphatic heterocycles. The number of amides is 1. The zero-order valence-corrected chi connectivity index (χ0v) is 18.5. The number of aryl methyl sites for hydroxylation is 1. The number of aliphatic hydroxyl groups excluding tert-OH is 1. The van der Waals surface area contributed by atoms with E-state index in [4.69, 9.17) is 5.73 Å². The van der Waals surface area contributed by atoms with Crippen LogP contribution in [0, 0.1) is 6.92 Å². The SMILES string of the molecule is Cc1cc(Nc2cc(C(F)(F)F)ccn2)nc(-c2cnn(CC(O)c3ccc(C(N)=O)cc3)c2)c1. The first kappa shape index (κ1) is 23.9. The number of primary amides is 1. The minimum Gasteiger partial charge on any atom is -0.386 e. The molecule has 0 spiro atoms. The van der Waals surface area contributed by atoms with Crippen molar-refractivity contribution in [2.24, 2.45) is 5.73 Å². The van der Waals surface area contributed by atoms with Gasteiger partial charge in [-0.15, -0.1) is 0 Å². The number of benzene rings is 1. The maximum atomic E-state index is 13.0. The highest BCUT2D eigenvalue weighted by Crippen LogP contribution is 2.31. The molecule has 0 saturated heterocycles. The average molecular weight is 482 g/mol. The van der Waals surface area contributed by atoms with Crippen LogP contribution < -0.4 is 11.1 Å². The van der Waals surface area contributed by atoms with Crippen LogP contribution in [0.15, 0.2) is 67.1 Å². The molecule has 0 radical (unpaired) electrons. The first-order valence-electron chi connectivity index (χ1n) is 10.5. The fraction of sp³-hybridized carbons (Fsp3) is 0.167. The molecule has 1 amide bonds. The lowest BCUT2D eigenvalue weighted by Gasteiger charge is -2.11. The first-order valence-corrected chi connectivity index (χ1v) is 10.5. The molecule has 1 aromatic carbocycles. The quantitative estimate of drug-likeness (QED) is 0.363. The minimum atomic E-state index is -4.48. The predicted molar refractivity (Wildman–Crippen MR) is 123 cm³/mol. The van der Waals surface area contributed by atoms with Crippen LogP contribution in [0.3, 0.4) is 0 Å². The highest BCUT2D eigenvalue weighted by atomic mass is 19.4. The van der Waals surface area contributed by atoms with Crippen molar-refractivity contribution in [1.29, 1.82) is 0 Å². The molecule has 0 aliphatic rings. The zero-order chi connectivity index (χ0) is 25.2. The molecule has 0 bridgehead atoms. The van der Waals surface area contributed by atoms with Crippen LogP contribution in [0.1, 0.15) is 33.2 Å². The lowest BCUT2D eigenvalue weighted by atomic mass is 10.1. The van der Waals surface area contributed by atoms with Crippen LogP contribution in [0.4, 0.5) is 24.8 Å². The van der Waals surface area contributed by atoms with Gasteiger partial charge in [-0.1, -0.05) is 12.1 Å². The second-order valence-corrected chi connectivity index (χ2v) is 7.92. The third-order valence-corrected chi connectivity index (χ3v) is 5.18. The van der Waals surface area contributed by atoms with Crippen LogP contribution in [0.25, 0.3) is 11.3 Å². The number of nitrogens with one attached hydrogen (secondary N) is 1. The van der Waals surface area contributed by atoms with Gasteiger partial charge in [-0.05, 0) is 54.4 Å². The predicted octanol–water partition coefficient (Wildman–Crippen LogP) is 4.24. The number of carbonyl (C=O) groups is 1. The molecule has 1 unspecified atom stereocenters. The Morgan fingerprint density at radius 2 is 1.89 bits per heavy atom. The molecule has 8 nitrogen and oxygen atoms in total. The van der Waals surface area contributed by atoms with E-state index in [1.807, 2.05) is 13.0 Å². The highest BCUT2D eigenvalue weighted by Gasteiger charge is 2.30. The van der Waals surface area contributed by atoms with Gasteiger partial charge < -0.3 is 16.2 Å². The van der Waals surface area contributed by atoms with E-state index in [0.717, 1.165) is 23.9 Å². The third-order valence-electron chi connectivity index (χ3n) is 5.18. The summed E-state index contributed by atoms with van der Waals surface area (Å²) in [4.78, 5) is 19.6. The van der Waals surface area contributed by atoms with Gasteiger partial charge in [0, 0.05) is 23.5 Å². The Bertz CT molecular complexity index is 1350. The van der Waals surface area contributed by atoms with Crippen molar-refractivity contribution in [3.05, 3.63) is 89.4 Å². The molecule has 3 aromatic heterocycles. The van der Waals surface area contributed by atoms with Gasteiger partial charge in [0.25, 0.3) is 0 Å². The van der Waals surface area contributed by atoms with Gasteiger partial charge in [0.15, 0.2) is 0 Å². The molecule has 4 aromatic rings. The number of carbonyl (C=O) groups excluding carboxylic acids is 1. The number of rotatable bonds is 7. The fourth-order valence-corrected chi connectivity index (χ4v) is 3.43. The number of anilines is 2. The number of nitrogens with zero attached hydrogens (tertiary/aromatic N) is 4. The zero-order valence-electron chi connectivity index (χ0n) is 18.5. The minimum absolute atomic E-state index is 0.0186. The molecule has 0 aliphatic carbocycles. The van der Waals surface area contributed by atoms with E-state index in [1.165, 1.54) is 0 Å². The van der Waals surface area contributed by atoms with Crippen molar-refractivity contribution in [3.63, 3.8) is 0 Å². The Morgan fingerprint density at radius 1 is 1.14 bits per heavy atom. The van der Waals surface area contributed by atoms with Gasteiger partial charge in [-0.25, -0.2) is 9.97 Å². The number of aromatic nitrogens is 4. The monoisotopic (exact) mass is 482 g/mol. The van der Waals surface area contributed by atoms with Crippen molar-refractivity contribution in [1.82, 2.24) is 19.7 Å². The highest BCUT2D eigenvalue weighted by molar-refractivity contribution is 5.92. The van der Waals surface area contributed by atoms with E-state index in [-0.39, 0.29) is 12.4 Å². The molecule has 4 N–H and O–H groups in total. The third kappa shape index (κ3) is 5.82. The summed E-state index contributed by atoms with van der Waals surface area (Å²) >= 11 is 0. The Kier molecular flexibility index (Phi) is 6.52. The summed E-state index contributed by atoms with van der Waals surface area (Å²) in [6.07, 6.45) is -0.988. The largest absolute Gasteiger partial charge is 0.416 e. The fourth-order valence-electron chi connectivity index (χ4n) is 3.43. The number of alkyl halides is 3. The number of pyridine rings is 2. The Hall–Kier alpha value is -4.25. The van der Waals surface area contributed by atoms with Crippen molar-refractivity contribution in [3.8, 4) is 11.3 Å². The van der Waals surface area contributed by atoms with Gasteiger partial charge in [0.2, 0.25) is 5.91 Å². The molecule has 0 saturated carbocycles. The van der Waals surface area contributed by atoms with E-state index in [2.05, 4.69) is 20.4 Å². The Labute approximate surface area is 198 Å². The summed E-state index contributed by atoms with van der Waals surface area (Å²) in [5, 5.41) is 17.6. The summed E-state index contributed by atoms with van der Waals surface area (Å²) in [5.74, 6) is -0.203. The number of halogens is 3. The second-order valence-electron chi connectivity index (χ2n) is 7.92. The molecular formula is C24H21F3N6O2. The number of hydrogen-bond acceptors (Lipinski definition) is 6. The number of nitrogens with two attached hydrogens (primary N) is 1. The van der Waals surface area contributed by atoms with Crippen molar-refractivity contribution >= 4 is 17.5 Å². The van der Waals surface area contributed by atoms with E-state index in [9.17, 15) is 23.1 Å². The molecule has 0 fully saturated rings. The van der Waals surface area contributed by atoms with E-state index < -0.39 is 23.8 Å². The van der Waals surface area contributed by atoms with Gasteiger partial charge in [0.05, 0.1) is 30.1 Å². The summed E-state index contributed by atoms with van der Waals surface area (Å²) in [7, 11) is 0. The molecule has 3 heterocycles. The van der Waals surface area contributed by atoms with E-state index in [0.29, 0.717) is 28.2 Å². The van der Waals surface area contributed by atoms with Gasteiger partial charge in [-0.2, -0.15) is 18.3 Å². The lowest BCUT2D eigenvalue weighted by molar-refractivity contribution is -0.137. The van der Waals surface area contributed by atoms with Gasteiger partial charge in [-0.3, -0.25) is 9.48 Å². The number of aliphatic hydroxyl groups is 1. The number of hydrogen-bond donors (Lipinski definition) is 3. The van der Waals surface area contributed by atoms with Crippen molar-refractivity contribution in [2.45, 2.75) is 25.7 Å². The maximum absolute atomic E-state index is 13.0. The van der Waals surface area contributed by atoms with Crippen LogP contribution in [-0.4, -0.2) is 30.8 Å². The van der Waals surface area contributed by atoms with Crippen LogP contribution in [0.2, 0.25) is 0 Å². The maximum Gasteiger partial charge on any atom is 0.416 e. The molecular weight excluding hydrogens is 461 g/mol. The summed E-state index contributed by atoms with van der Waals surface area (Å²) in [5.41, 5.74) is 7.40. The second kappa shape index (κ2) is 9.55. The summed E-state index contributed by atoms with van der Waals surface area (Å²) < 4.78 is 40.5. The Morgan fingerprint density at radius 3 is 2.57 bits per heavy atom. The average Bonchev–Trinajstić information content (AvgIpc) is 3.27. The molecule has 35 heavy (non-hydrogen) atoms. The van der Waals surface area contributed by atoms with E-state index in [1.54, 1.807) is 47.4 Å². The molecule has 1 atom stereocenters. The van der Waals surface area contributed by atoms with Gasteiger partial charge >= 0.3 is 6.18 Å². The van der Waals surface area contributed by atoms with Gasteiger partial charge in [0.1, 0.15) is 11.6 Å². The smallest absolute Gasteiger partial charge is 0.386 e. The first-order chi connectivity index (χ1) is 16.6. The lowest BCUT2D eigenvalue weighted by Crippen LogP contribution is -2.12. The molecule has 180 valence electrons. The van der Waals surface area contributed by atoms with Crippen molar-refractivity contribution < 1.29 is 23.1 Å². The molecule has 11 heteroatoms. The summed E-state index contributed by atoms with van der Waals surface area (Å²) in [6, 6.07) is 11.6. The topological polar surface area (TPSA) is 119 Å². The molecule has 4 rings (SSSR count). The van der Waals surface area contributed by atoms with E-state index >= 15 is 0 Å². The standard InChI is InChI=1S/C24H21F3N6O2/c1-14-8-19(31-22(9-14)32-21-10-18(6-7-29-21)24(25,26)27)17-11-30-33(12-17)13-20(34)15-2-4-16(5-3-15)23(28)35/h2-12,20,34H,13H2,1H3,(H2,28,35)(H,29,31,32). The van der Waals surface area contributed by atoms with Crippen LogP contribution in [-0.2, 0) is 12.7 Å². The van der Waals surface area contributed by atoms with Crippen molar-refractivity contribution in [2.75, 3.05) is 5.32 Å². The van der Waals surface area contributed by atoms with Crippen LogP contribution in [0.5, 0.6) is 0 Å². The normalized spacial score (nSPS) is 12.4. The summed E-state index contributed by atoms with van der Waals surface area (Å²) in [6.45, 7) is 1.99. The van der Waals surface area contributed by atoms with Crippen LogP contribution >= 0.6 is 0 Å². The Balaban J connectivity index is 1.50.